The van der Waals surface area contributed by atoms with Gasteiger partial charge in [-0.2, -0.15) is 0 Å². The van der Waals surface area contributed by atoms with Crippen LogP contribution in [0.3, 0.4) is 0 Å². The van der Waals surface area contributed by atoms with Gasteiger partial charge < -0.3 is 14.9 Å². The fraction of sp³-hybridized carbons (Fsp3) is 0.375. The molecule has 0 fully saturated rings. The summed E-state index contributed by atoms with van der Waals surface area (Å²) < 4.78 is 6.23. The van der Waals surface area contributed by atoms with Crippen molar-refractivity contribution in [2.75, 3.05) is 0 Å². The van der Waals surface area contributed by atoms with Gasteiger partial charge in [0, 0.05) is 5.39 Å². The molecule has 1 atom stereocenters. The van der Waals surface area contributed by atoms with E-state index in [-0.39, 0.29) is 23.0 Å². The van der Waals surface area contributed by atoms with Crippen molar-refractivity contribution in [3.63, 3.8) is 0 Å². The van der Waals surface area contributed by atoms with Crippen molar-refractivity contribution < 1.29 is 24.5 Å². The summed E-state index contributed by atoms with van der Waals surface area (Å²) >= 11 is 0. The van der Waals surface area contributed by atoms with Gasteiger partial charge in [-0.1, -0.05) is 20.8 Å². The van der Waals surface area contributed by atoms with Gasteiger partial charge >= 0.3 is 12.1 Å². The summed E-state index contributed by atoms with van der Waals surface area (Å²) in [6, 6.07) is 5.62. The second-order valence-corrected chi connectivity index (χ2v) is 6.30. The Balaban J connectivity index is 2.48. The van der Waals surface area contributed by atoms with Gasteiger partial charge in [-0.15, -0.1) is 0 Å². The zero-order valence-corrected chi connectivity index (χ0v) is 13.0. The highest BCUT2D eigenvalue weighted by Crippen LogP contribution is 2.27. The third-order valence-electron chi connectivity index (χ3n) is 3.69. The highest BCUT2D eigenvalue weighted by Gasteiger charge is 2.27. The monoisotopic (exact) mass is 305 g/mol. The number of hydrogen-bond donors (Lipinski definition) is 2. The molecule has 0 amide bonds. The Labute approximate surface area is 127 Å². The van der Waals surface area contributed by atoms with E-state index in [1.165, 1.54) is 24.3 Å². The molecular weight excluding hydrogens is 286 g/mol. The van der Waals surface area contributed by atoms with Crippen LogP contribution in [0.25, 0.3) is 10.9 Å². The molecule has 2 aromatic rings. The smallest absolute Gasteiger partial charge is 0.416 e. The second kappa shape index (κ2) is 5.36. The van der Waals surface area contributed by atoms with E-state index >= 15 is 0 Å². The molecule has 0 aliphatic carbocycles. The summed E-state index contributed by atoms with van der Waals surface area (Å²) in [7, 11) is 0. The van der Waals surface area contributed by atoms with Crippen molar-refractivity contribution in [2.45, 2.75) is 33.8 Å². The summed E-state index contributed by atoms with van der Waals surface area (Å²) in [5.41, 5.74) is -0.0153. The van der Waals surface area contributed by atoms with Crippen LogP contribution in [-0.2, 0) is 4.74 Å². The van der Waals surface area contributed by atoms with Gasteiger partial charge in [0.15, 0.2) is 0 Å². The van der Waals surface area contributed by atoms with Crippen molar-refractivity contribution >= 4 is 23.0 Å². The summed E-state index contributed by atoms with van der Waals surface area (Å²) in [4.78, 5) is 23.8. The Hall–Kier alpha value is -2.50. The molecule has 1 aromatic heterocycles. The maximum Gasteiger partial charge on any atom is 0.416 e. The fourth-order valence-electron chi connectivity index (χ4n) is 1.96. The predicted octanol–water partition coefficient (Wildman–Crippen LogP) is 3.46. The molecule has 0 aliphatic rings. The van der Waals surface area contributed by atoms with E-state index < -0.39 is 12.1 Å². The van der Waals surface area contributed by atoms with Crippen LogP contribution in [0.1, 0.15) is 38.2 Å². The Morgan fingerprint density at radius 3 is 2.41 bits per heavy atom. The lowest BCUT2D eigenvalue weighted by Gasteiger charge is -2.26. The van der Waals surface area contributed by atoms with E-state index in [1.54, 1.807) is 6.92 Å². The molecule has 0 saturated heterocycles. The topological polar surface area (TPSA) is 88.8 Å². The summed E-state index contributed by atoms with van der Waals surface area (Å²) in [6.07, 6.45) is -1.66. The van der Waals surface area contributed by atoms with Gasteiger partial charge in [0.25, 0.3) is 0 Å². The fourth-order valence-corrected chi connectivity index (χ4v) is 1.96. The van der Waals surface area contributed by atoms with Crippen LogP contribution in [0.4, 0.5) is 4.79 Å². The van der Waals surface area contributed by atoms with E-state index in [0.717, 1.165) is 4.57 Å². The Morgan fingerprint density at radius 2 is 1.86 bits per heavy atom. The molecule has 0 spiro atoms. The highest BCUT2D eigenvalue weighted by atomic mass is 16.5. The molecular formula is C16H19NO5. The molecule has 1 aromatic carbocycles. The molecule has 1 unspecified atom stereocenters. The van der Waals surface area contributed by atoms with Crippen LogP contribution in [-0.4, -0.2) is 32.9 Å². The number of carbonyl (C=O) groups is 2. The number of fused-ring (bicyclic) bond motifs is 1. The molecule has 1 heterocycles. The molecule has 0 aliphatic heterocycles. The van der Waals surface area contributed by atoms with Gasteiger partial charge in [0.05, 0.1) is 5.52 Å². The third-order valence-corrected chi connectivity index (χ3v) is 3.69. The van der Waals surface area contributed by atoms with Gasteiger partial charge in [0.1, 0.15) is 17.5 Å². The number of phenols is 1. The number of aromatic nitrogens is 1. The first-order chi connectivity index (χ1) is 10.1. The lowest BCUT2D eigenvalue weighted by Crippen LogP contribution is -2.30. The number of aromatic hydroxyl groups is 1. The van der Waals surface area contributed by atoms with Crippen molar-refractivity contribution in [3.05, 3.63) is 30.0 Å². The number of nitrogens with zero attached hydrogens (tertiary/aromatic N) is 1. The largest absolute Gasteiger partial charge is 0.508 e. The van der Waals surface area contributed by atoms with Crippen LogP contribution >= 0.6 is 0 Å². The Kier molecular flexibility index (Phi) is 3.87. The zero-order valence-electron chi connectivity index (χ0n) is 13.0. The first-order valence-electron chi connectivity index (χ1n) is 6.90. The van der Waals surface area contributed by atoms with Crippen molar-refractivity contribution in [3.8, 4) is 5.75 Å². The van der Waals surface area contributed by atoms with Crippen molar-refractivity contribution in [1.82, 2.24) is 4.57 Å². The minimum absolute atomic E-state index is 0.00184. The summed E-state index contributed by atoms with van der Waals surface area (Å²) in [6.45, 7) is 7.54. The molecule has 22 heavy (non-hydrogen) atoms. The second-order valence-electron chi connectivity index (χ2n) is 6.30. The lowest BCUT2D eigenvalue weighted by molar-refractivity contribution is 0.00382. The Bertz CT molecular complexity index is 739. The standard InChI is InChI=1S/C16H19NO5/c1-9(16(2,3)4)22-14(19)13-8-10-7-11(18)5-6-12(10)17(13)15(20)21/h5-9,18H,1-4H3,(H,20,21). The molecule has 2 N–H and O–H groups in total. The molecule has 0 radical (unpaired) electrons. The number of phenolic OH excluding ortho intramolecular Hbond substituents is 1. The molecule has 0 bridgehead atoms. The van der Waals surface area contributed by atoms with Crippen LogP contribution in [0.15, 0.2) is 24.3 Å². The summed E-state index contributed by atoms with van der Waals surface area (Å²) in [5.74, 6) is -0.710. The zero-order chi connectivity index (χ0) is 16.7. The van der Waals surface area contributed by atoms with E-state index in [4.69, 9.17) is 4.74 Å². The number of esters is 1. The van der Waals surface area contributed by atoms with Gasteiger partial charge in [-0.25, -0.2) is 14.2 Å². The molecule has 6 nitrogen and oxygen atoms in total. The maximum atomic E-state index is 12.3. The lowest BCUT2D eigenvalue weighted by atomic mass is 9.90. The molecule has 0 saturated carbocycles. The normalized spacial score (nSPS) is 13.1. The minimum atomic E-state index is -1.28. The quantitative estimate of drug-likeness (QED) is 0.829. The SMILES string of the molecule is CC(OC(=O)c1cc2cc(O)ccc2n1C(=O)O)C(C)(C)C. The van der Waals surface area contributed by atoms with Gasteiger partial charge in [-0.05, 0) is 36.6 Å². The number of carboxylic acid groups (broad SMARTS) is 1. The third kappa shape index (κ3) is 2.90. The Morgan fingerprint density at radius 1 is 1.23 bits per heavy atom. The van der Waals surface area contributed by atoms with Crippen LogP contribution < -0.4 is 0 Å². The first kappa shape index (κ1) is 15.9. The van der Waals surface area contributed by atoms with Crippen molar-refractivity contribution in [1.29, 1.82) is 0 Å². The molecule has 2 rings (SSSR count). The summed E-state index contributed by atoms with van der Waals surface area (Å²) in [5, 5.41) is 19.3. The number of rotatable bonds is 2. The van der Waals surface area contributed by atoms with Crippen molar-refractivity contribution in [2.24, 2.45) is 5.41 Å². The van der Waals surface area contributed by atoms with E-state index in [2.05, 4.69) is 0 Å². The van der Waals surface area contributed by atoms with E-state index in [0.29, 0.717) is 10.9 Å². The van der Waals surface area contributed by atoms with E-state index in [9.17, 15) is 19.8 Å². The molecule has 118 valence electrons. The average molecular weight is 305 g/mol. The minimum Gasteiger partial charge on any atom is -0.508 e. The maximum absolute atomic E-state index is 12.3. The van der Waals surface area contributed by atoms with E-state index in [1.807, 2.05) is 20.8 Å². The highest BCUT2D eigenvalue weighted by molar-refractivity contribution is 6.01. The number of ether oxygens (including phenoxy) is 1. The van der Waals surface area contributed by atoms with Crippen LogP contribution in [0, 0.1) is 5.41 Å². The number of hydrogen-bond acceptors (Lipinski definition) is 4. The molecule has 6 heteroatoms. The predicted molar refractivity (Wildman–Crippen MR) is 81.4 cm³/mol. The van der Waals surface area contributed by atoms with Gasteiger partial charge in [0.2, 0.25) is 0 Å². The van der Waals surface area contributed by atoms with Crippen LogP contribution in [0.5, 0.6) is 5.75 Å². The van der Waals surface area contributed by atoms with Crippen LogP contribution in [0.2, 0.25) is 0 Å². The first-order valence-corrected chi connectivity index (χ1v) is 6.90. The number of benzene rings is 1. The van der Waals surface area contributed by atoms with Gasteiger partial charge in [-0.3, -0.25) is 0 Å². The average Bonchev–Trinajstić information content (AvgIpc) is 2.75. The number of carbonyl (C=O) groups excluding carboxylic acids is 1.